The molecule has 27 heavy (non-hydrogen) atoms. The first-order chi connectivity index (χ1) is 13.1. The maximum atomic E-state index is 12.9. The van der Waals surface area contributed by atoms with Gasteiger partial charge in [-0.1, -0.05) is 97.9 Å². The Morgan fingerprint density at radius 3 is 1.81 bits per heavy atom. The van der Waals surface area contributed by atoms with E-state index in [0.717, 1.165) is 5.56 Å². The van der Waals surface area contributed by atoms with E-state index in [1.807, 2.05) is 49.4 Å². The Balaban J connectivity index is 1.83. The Hall–Kier alpha value is -3.24. The zero-order valence-corrected chi connectivity index (χ0v) is 15.1. The molecule has 1 atom stereocenters. The normalized spacial score (nSPS) is 12.7. The van der Waals surface area contributed by atoms with Crippen molar-refractivity contribution in [1.29, 1.82) is 0 Å². The molecule has 0 saturated carbocycles. The molecule has 4 nitrogen and oxygen atoms in total. The minimum Gasteiger partial charge on any atom is -0.372 e. The molecule has 0 aliphatic carbocycles. The van der Waals surface area contributed by atoms with Gasteiger partial charge in [0.2, 0.25) is 0 Å². The molecule has 0 spiro atoms. The van der Waals surface area contributed by atoms with Crippen LogP contribution in [-0.2, 0) is 10.4 Å². The van der Waals surface area contributed by atoms with Gasteiger partial charge in [-0.05, 0) is 16.7 Å². The third-order valence-corrected chi connectivity index (χ3v) is 4.50. The van der Waals surface area contributed by atoms with E-state index in [4.69, 9.17) is 0 Å². The summed E-state index contributed by atoms with van der Waals surface area (Å²) in [6, 6.07) is 27.6. The predicted molar refractivity (Wildman–Crippen MR) is 107 cm³/mol. The Labute approximate surface area is 159 Å². The van der Waals surface area contributed by atoms with Crippen molar-refractivity contribution >= 4 is 12.1 Å². The standard InChI is InChI=1S/C23H22N2O2/c1-18(19-11-5-2-6-12-19)17-24-25-22(26)23(27,20-13-7-3-8-14-20)21-15-9-4-10-16-21/h2-18,27H,1H3,(H,25,26)/b24-17+. The Morgan fingerprint density at radius 1 is 0.889 bits per heavy atom. The molecule has 0 aromatic heterocycles. The zero-order chi connectivity index (χ0) is 19.1. The van der Waals surface area contributed by atoms with Crippen LogP contribution in [0.3, 0.4) is 0 Å². The number of amides is 1. The largest absolute Gasteiger partial charge is 0.372 e. The molecule has 0 aliphatic heterocycles. The summed E-state index contributed by atoms with van der Waals surface area (Å²) in [5.41, 5.74) is 2.74. The van der Waals surface area contributed by atoms with Crippen LogP contribution >= 0.6 is 0 Å². The van der Waals surface area contributed by atoms with Gasteiger partial charge in [0.05, 0.1) is 0 Å². The summed E-state index contributed by atoms with van der Waals surface area (Å²) in [6.07, 6.45) is 1.66. The molecule has 4 heteroatoms. The van der Waals surface area contributed by atoms with Gasteiger partial charge < -0.3 is 5.11 Å². The van der Waals surface area contributed by atoms with Crippen molar-refractivity contribution in [2.45, 2.75) is 18.4 Å². The van der Waals surface area contributed by atoms with Gasteiger partial charge in [-0.15, -0.1) is 0 Å². The smallest absolute Gasteiger partial charge is 0.281 e. The molecule has 136 valence electrons. The lowest BCUT2D eigenvalue weighted by Crippen LogP contribution is -2.43. The minimum atomic E-state index is -1.82. The second-order valence-corrected chi connectivity index (χ2v) is 6.36. The molecular weight excluding hydrogens is 336 g/mol. The van der Waals surface area contributed by atoms with Crippen molar-refractivity contribution in [3.05, 3.63) is 108 Å². The average molecular weight is 358 g/mol. The number of rotatable bonds is 6. The lowest BCUT2D eigenvalue weighted by molar-refractivity contribution is -0.136. The number of nitrogens with zero attached hydrogens (tertiary/aromatic N) is 1. The zero-order valence-electron chi connectivity index (χ0n) is 15.1. The third kappa shape index (κ3) is 4.13. The average Bonchev–Trinajstić information content (AvgIpc) is 2.74. The van der Waals surface area contributed by atoms with Gasteiger partial charge in [-0.2, -0.15) is 5.10 Å². The van der Waals surface area contributed by atoms with E-state index in [1.54, 1.807) is 54.7 Å². The molecular formula is C23H22N2O2. The monoisotopic (exact) mass is 358 g/mol. The molecule has 0 heterocycles. The van der Waals surface area contributed by atoms with Crippen LogP contribution in [-0.4, -0.2) is 17.2 Å². The van der Waals surface area contributed by atoms with E-state index in [-0.39, 0.29) is 5.92 Å². The van der Waals surface area contributed by atoms with Crippen LogP contribution in [0.4, 0.5) is 0 Å². The Kier molecular flexibility index (Phi) is 5.79. The topological polar surface area (TPSA) is 61.7 Å². The lowest BCUT2D eigenvalue weighted by Gasteiger charge is -2.27. The van der Waals surface area contributed by atoms with E-state index < -0.39 is 11.5 Å². The van der Waals surface area contributed by atoms with Gasteiger partial charge in [-0.3, -0.25) is 4.79 Å². The van der Waals surface area contributed by atoms with Crippen LogP contribution in [0.2, 0.25) is 0 Å². The van der Waals surface area contributed by atoms with Gasteiger partial charge in [-0.25, -0.2) is 5.43 Å². The quantitative estimate of drug-likeness (QED) is 0.520. The number of hydrogen-bond acceptors (Lipinski definition) is 3. The second-order valence-electron chi connectivity index (χ2n) is 6.36. The highest BCUT2D eigenvalue weighted by atomic mass is 16.3. The van der Waals surface area contributed by atoms with Crippen molar-refractivity contribution in [2.75, 3.05) is 0 Å². The van der Waals surface area contributed by atoms with Crippen LogP contribution in [0.1, 0.15) is 29.5 Å². The summed E-state index contributed by atoms with van der Waals surface area (Å²) >= 11 is 0. The molecule has 2 N–H and O–H groups in total. The van der Waals surface area contributed by atoms with Crippen molar-refractivity contribution in [2.24, 2.45) is 5.10 Å². The Bertz CT molecular complexity index is 854. The van der Waals surface area contributed by atoms with Gasteiger partial charge in [0.25, 0.3) is 5.91 Å². The van der Waals surface area contributed by atoms with Crippen LogP contribution < -0.4 is 5.43 Å². The fraction of sp³-hybridized carbons (Fsp3) is 0.130. The SMILES string of the molecule is CC(/C=N/NC(=O)C(O)(c1ccccc1)c1ccccc1)c1ccccc1. The molecule has 0 aliphatic rings. The minimum absolute atomic E-state index is 0.0352. The lowest BCUT2D eigenvalue weighted by atomic mass is 9.85. The number of benzene rings is 3. The van der Waals surface area contributed by atoms with Gasteiger partial charge >= 0.3 is 0 Å². The number of hydrogen-bond donors (Lipinski definition) is 2. The molecule has 3 aromatic rings. The highest BCUT2D eigenvalue weighted by Gasteiger charge is 2.39. The number of hydrazone groups is 1. The van der Waals surface area contributed by atoms with E-state index in [2.05, 4.69) is 10.5 Å². The van der Waals surface area contributed by atoms with Crippen LogP contribution in [0.5, 0.6) is 0 Å². The maximum absolute atomic E-state index is 12.9. The molecule has 0 fully saturated rings. The number of aliphatic hydroxyl groups is 1. The van der Waals surface area contributed by atoms with Gasteiger partial charge in [0.1, 0.15) is 0 Å². The van der Waals surface area contributed by atoms with Crippen LogP contribution in [0.25, 0.3) is 0 Å². The van der Waals surface area contributed by atoms with Crippen LogP contribution in [0, 0.1) is 0 Å². The third-order valence-electron chi connectivity index (χ3n) is 4.50. The summed E-state index contributed by atoms with van der Waals surface area (Å²) in [5.74, 6) is -0.565. The van der Waals surface area contributed by atoms with E-state index in [9.17, 15) is 9.90 Å². The summed E-state index contributed by atoms with van der Waals surface area (Å²) in [5, 5.41) is 15.4. The molecule has 0 radical (unpaired) electrons. The maximum Gasteiger partial charge on any atom is 0.281 e. The number of carbonyl (C=O) groups is 1. The molecule has 3 aromatic carbocycles. The highest BCUT2D eigenvalue weighted by molar-refractivity contribution is 5.90. The predicted octanol–water partition coefficient (Wildman–Crippen LogP) is 3.83. The molecule has 3 rings (SSSR count). The molecule has 1 amide bonds. The highest BCUT2D eigenvalue weighted by Crippen LogP contribution is 2.29. The Morgan fingerprint density at radius 2 is 1.33 bits per heavy atom. The van der Waals surface area contributed by atoms with Crippen molar-refractivity contribution in [3.8, 4) is 0 Å². The van der Waals surface area contributed by atoms with Crippen molar-refractivity contribution < 1.29 is 9.90 Å². The van der Waals surface area contributed by atoms with E-state index in [0.29, 0.717) is 11.1 Å². The first kappa shape index (κ1) is 18.5. The molecule has 0 bridgehead atoms. The van der Waals surface area contributed by atoms with Gasteiger partial charge in [0.15, 0.2) is 5.60 Å². The van der Waals surface area contributed by atoms with E-state index in [1.165, 1.54) is 0 Å². The number of carbonyl (C=O) groups excluding carboxylic acids is 1. The molecule has 1 unspecified atom stereocenters. The fourth-order valence-electron chi connectivity index (χ4n) is 2.92. The van der Waals surface area contributed by atoms with Gasteiger partial charge in [0, 0.05) is 12.1 Å². The van der Waals surface area contributed by atoms with Crippen molar-refractivity contribution in [1.82, 2.24) is 5.43 Å². The summed E-state index contributed by atoms with van der Waals surface area (Å²) in [4.78, 5) is 12.9. The summed E-state index contributed by atoms with van der Waals surface area (Å²) in [6.45, 7) is 1.99. The first-order valence-electron chi connectivity index (χ1n) is 8.84. The summed E-state index contributed by atoms with van der Waals surface area (Å²) < 4.78 is 0. The number of nitrogens with one attached hydrogen (secondary N) is 1. The molecule has 0 saturated heterocycles. The van der Waals surface area contributed by atoms with Crippen molar-refractivity contribution in [3.63, 3.8) is 0 Å². The first-order valence-corrected chi connectivity index (χ1v) is 8.84. The van der Waals surface area contributed by atoms with Crippen LogP contribution in [0.15, 0.2) is 96.1 Å². The fourth-order valence-corrected chi connectivity index (χ4v) is 2.92. The van der Waals surface area contributed by atoms with E-state index >= 15 is 0 Å². The second kappa shape index (κ2) is 8.43. The summed E-state index contributed by atoms with van der Waals surface area (Å²) in [7, 11) is 0.